The maximum atomic E-state index is 11.3. The third kappa shape index (κ3) is 4.93. The van der Waals surface area contributed by atoms with Gasteiger partial charge in [-0.05, 0) is 19.4 Å². The molecule has 5 heteroatoms. The molecule has 0 aliphatic carbocycles. The Morgan fingerprint density at radius 2 is 2.44 bits per heavy atom. The van der Waals surface area contributed by atoms with Gasteiger partial charge in [0, 0.05) is 32.6 Å². The van der Waals surface area contributed by atoms with Gasteiger partial charge in [0.25, 0.3) is 0 Å². The maximum absolute atomic E-state index is 11.3. The summed E-state index contributed by atoms with van der Waals surface area (Å²) in [5, 5.41) is 16.0. The molecule has 1 unspecified atom stereocenters. The molecule has 1 amide bonds. The summed E-state index contributed by atoms with van der Waals surface area (Å²) in [6.07, 6.45) is 3.09. The average molecular weight is 225 g/mol. The van der Waals surface area contributed by atoms with Crippen molar-refractivity contribution in [1.29, 1.82) is 0 Å². The third-order valence-corrected chi connectivity index (χ3v) is 2.26. The molecule has 1 rings (SSSR count). The van der Waals surface area contributed by atoms with Crippen molar-refractivity contribution in [1.82, 2.24) is 15.1 Å². The van der Waals surface area contributed by atoms with Crippen LogP contribution in [0, 0.1) is 0 Å². The van der Waals surface area contributed by atoms with E-state index in [-0.39, 0.29) is 5.91 Å². The number of aryl methyl sites for hydroxylation is 1. The second kappa shape index (κ2) is 6.27. The quantitative estimate of drug-likeness (QED) is 0.728. The van der Waals surface area contributed by atoms with Crippen LogP contribution in [-0.2, 0) is 18.3 Å². The van der Waals surface area contributed by atoms with Crippen molar-refractivity contribution in [2.45, 2.75) is 32.3 Å². The topological polar surface area (TPSA) is 67.2 Å². The molecule has 5 nitrogen and oxygen atoms in total. The summed E-state index contributed by atoms with van der Waals surface area (Å²) in [5.41, 5.74) is 0.971. The van der Waals surface area contributed by atoms with E-state index in [1.807, 2.05) is 19.3 Å². The van der Waals surface area contributed by atoms with E-state index in [4.69, 9.17) is 5.11 Å². The van der Waals surface area contributed by atoms with Gasteiger partial charge in [0.15, 0.2) is 0 Å². The van der Waals surface area contributed by atoms with Gasteiger partial charge in [-0.15, -0.1) is 0 Å². The van der Waals surface area contributed by atoms with Crippen molar-refractivity contribution >= 4 is 5.91 Å². The van der Waals surface area contributed by atoms with Gasteiger partial charge in [0.2, 0.25) is 5.91 Å². The lowest BCUT2D eigenvalue weighted by atomic mass is 10.2. The fourth-order valence-corrected chi connectivity index (χ4v) is 1.35. The molecule has 0 aliphatic heterocycles. The summed E-state index contributed by atoms with van der Waals surface area (Å²) < 4.78 is 1.74. The van der Waals surface area contributed by atoms with Gasteiger partial charge in [0.05, 0.1) is 11.8 Å². The van der Waals surface area contributed by atoms with Crippen LogP contribution in [-0.4, -0.2) is 33.4 Å². The molecule has 0 spiro atoms. The monoisotopic (exact) mass is 225 g/mol. The number of nitrogens with one attached hydrogen (secondary N) is 1. The lowest BCUT2D eigenvalue weighted by Gasteiger charge is -2.05. The summed E-state index contributed by atoms with van der Waals surface area (Å²) in [6.45, 7) is 2.27. The van der Waals surface area contributed by atoms with Crippen molar-refractivity contribution in [2.75, 3.05) is 6.54 Å². The van der Waals surface area contributed by atoms with Crippen LogP contribution in [0.1, 0.15) is 25.5 Å². The molecule has 16 heavy (non-hydrogen) atoms. The van der Waals surface area contributed by atoms with Gasteiger partial charge in [-0.1, -0.05) is 0 Å². The first-order valence-electron chi connectivity index (χ1n) is 5.51. The molecule has 1 atom stereocenters. The molecule has 1 heterocycles. The van der Waals surface area contributed by atoms with Crippen LogP contribution in [0.5, 0.6) is 0 Å². The van der Waals surface area contributed by atoms with Crippen LogP contribution in [0.2, 0.25) is 0 Å². The number of carbonyl (C=O) groups is 1. The minimum atomic E-state index is -0.415. The van der Waals surface area contributed by atoms with Gasteiger partial charge >= 0.3 is 0 Å². The fraction of sp³-hybridized carbons (Fsp3) is 0.636. The normalized spacial score (nSPS) is 12.4. The number of carbonyl (C=O) groups excluding carboxylic acids is 1. The minimum Gasteiger partial charge on any atom is -0.393 e. The van der Waals surface area contributed by atoms with E-state index in [1.165, 1.54) is 0 Å². The average Bonchev–Trinajstić information content (AvgIpc) is 2.61. The van der Waals surface area contributed by atoms with E-state index in [1.54, 1.807) is 11.6 Å². The van der Waals surface area contributed by atoms with Crippen LogP contribution in [0.3, 0.4) is 0 Å². The molecule has 2 N–H and O–H groups in total. The zero-order chi connectivity index (χ0) is 12.0. The van der Waals surface area contributed by atoms with E-state index < -0.39 is 6.10 Å². The molecule has 0 aliphatic rings. The molecule has 0 fully saturated rings. The number of aliphatic hydroxyl groups excluding tert-OH is 1. The van der Waals surface area contributed by atoms with E-state index in [2.05, 4.69) is 10.4 Å². The highest BCUT2D eigenvalue weighted by atomic mass is 16.3. The Kier molecular flexibility index (Phi) is 4.98. The van der Waals surface area contributed by atoms with Crippen LogP contribution in [0.25, 0.3) is 0 Å². The Morgan fingerprint density at radius 1 is 1.69 bits per heavy atom. The van der Waals surface area contributed by atoms with Crippen molar-refractivity contribution in [2.24, 2.45) is 7.05 Å². The first-order chi connectivity index (χ1) is 7.58. The summed E-state index contributed by atoms with van der Waals surface area (Å²) in [6, 6.07) is 1.93. The Hall–Kier alpha value is -1.36. The smallest absolute Gasteiger partial charge is 0.220 e. The van der Waals surface area contributed by atoms with E-state index in [0.717, 1.165) is 12.1 Å². The van der Waals surface area contributed by atoms with E-state index in [0.29, 0.717) is 19.4 Å². The Morgan fingerprint density at radius 3 is 3.00 bits per heavy atom. The van der Waals surface area contributed by atoms with Crippen LogP contribution in [0.15, 0.2) is 12.3 Å². The summed E-state index contributed by atoms with van der Waals surface area (Å²) in [5.74, 6) is -0.0168. The third-order valence-electron chi connectivity index (χ3n) is 2.26. The van der Waals surface area contributed by atoms with Gasteiger partial charge in [-0.3, -0.25) is 9.48 Å². The summed E-state index contributed by atoms with van der Waals surface area (Å²) in [7, 11) is 1.87. The molecule has 0 bridgehead atoms. The van der Waals surface area contributed by atoms with E-state index >= 15 is 0 Å². The maximum Gasteiger partial charge on any atom is 0.220 e. The number of aliphatic hydroxyl groups is 1. The number of aromatic nitrogens is 2. The summed E-state index contributed by atoms with van der Waals surface area (Å²) >= 11 is 0. The largest absolute Gasteiger partial charge is 0.393 e. The molecule has 0 radical (unpaired) electrons. The standard InChI is InChI=1S/C11H19N3O2/c1-9(15)3-4-11(16)12-7-5-10-6-8-14(2)13-10/h6,8-9,15H,3-5,7H2,1-2H3,(H,12,16). The Balaban J connectivity index is 2.13. The lowest BCUT2D eigenvalue weighted by Crippen LogP contribution is -2.26. The van der Waals surface area contributed by atoms with Crippen molar-refractivity contribution < 1.29 is 9.90 Å². The van der Waals surface area contributed by atoms with Crippen molar-refractivity contribution in [3.63, 3.8) is 0 Å². The lowest BCUT2D eigenvalue weighted by molar-refractivity contribution is -0.121. The van der Waals surface area contributed by atoms with Crippen molar-refractivity contribution in [3.8, 4) is 0 Å². The van der Waals surface area contributed by atoms with Crippen LogP contribution < -0.4 is 5.32 Å². The molecular formula is C11H19N3O2. The number of amides is 1. The van der Waals surface area contributed by atoms with Gasteiger partial charge in [0.1, 0.15) is 0 Å². The second-order valence-electron chi connectivity index (χ2n) is 3.97. The molecule has 0 saturated heterocycles. The zero-order valence-electron chi connectivity index (χ0n) is 9.81. The number of nitrogens with zero attached hydrogens (tertiary/aromatic N) is 2. The predicted molar refractivity (Wildman–Crippen MR) is 60.8 cm³/mol. The first-order valence-corrected chi connectivity index (χ1v) is 5.51. The molecule has 1 aromatic rings. The van der Waals surface area contributed by atoms with Gasteiger partial charge in [-0.25, -0.2) is 0 Å². The van der Waals surface area contributed by atoms with E-state index in [9.17, 15) is 4.79 Å². The molecule has 90 valence electrons. The molecular weight excluding hydrogens is 206 g/mol. The predicted octanol–water partition coefficient (Wildman–Crippen LogP) is 0.240. The number of rotatable bonds is 6. The SMILES string of the molecule is CC(O)CCC(=O)NCCc1ccn(C)n1. The van der Waals surface area contributed by atoms with Gasteiger partial charge in [-0.2, -0.15) is 5.10 Å². The molecule has 1 aromatic heterocycles. The van der Waals surface area contributed by atoms with Gasteiger partial charge < -0.3 is 10.4 Å². The number of hydrogen-bond donors (Lipinski definition) is 2. The van der Waals surface area contributed by atoms with Crippen LogP contribution >= 0.6 is 0 Å². The highest BCUT2D eigenvalue weighted by Crippen LogP contribution is 1.96. The Labute approximate surface area is 95.5 Å². The highest BCUT2D eigenvalue weighted by molar-refractivity contribution is 5.75. The number of hydrogen-bond acceptors (Lipinski definition) is 3. The minimum absolute atomic E-state index is 0.0168. The second-order valence-corrected chi connectivity index (χ2v) is 3.97. The zero-order valence-corrected chi connectivity index (χ0v) is 9.81. The first kappa shape index (κ1) is 12.7. The highest BCUT2D eigenvalue weighted by Gasteiger charge is 2.04. The summed E-state index contributed by atoms with van der Waals surface area (Å²) in [4.78, 5) is 11.3. The molecule has 0 saturated carbocycles. The molecule has 0 aromatic carbocycles. The fourth-order valence-electron chi connectivity index (χ4n) is 1.35. The Bertz CT molecular complexity index is 334. The van der Waals surface area contributed by atoms with Crippen LogP contribution in [0.4, 0.5) is 0 Å². The van der Waals surface area contributed by atoms with Crippen molar-refractivity contribution in [3.05, 3.63) is 18.0 Å².